The van der Waals surface area contributed by atoms with Crippen molar-refractivity contribution in [3.63, 3.8) is 0 Å². The molecule has 0 saturated carbocycles. The molecule has 3 rings (SSSR count). The summed E-state index contributed by atoms with van der Waals surface area (Å²) >= 11 is 0. The van der Waals surface area contributed by atoms with Crippen LogP contribution in [0.1, 0.15) is 11.1 Å². The van der Waals surface area contributed by atoms with Gasteiger partial charge in [-0.1, -0.05) is 24.3 Å². The molecule has 3 heteroatoms. The summed E-state index contributed by atoms with van der Waals surface area (Å²) in [5.41, 5.74) is 3.69. The monoisotopic (exact) mass is 250 g/mol. The van der Waals surface area contributed by atoms with E-state index in [-0.39, 0.29) is 5.75 Å². The molecule has 3 nitrogen and oxygen atoms in total. The summed E-state index contributed by atoms with van der Waals surface area (Å²) in [4.78, 5) is 7.54. The SMILES string of the molecule is Cc1ccc(N=Cc2c[nH]c3ccccc23)c(O)c1. The van der Waals surface area contributed by atoms with E-state index in [1.165, 1.54) is 0 Å². The van der Waals surface area contributed by atoms with Crippen LogP contribution in [0.15, 0.2) is 53.7 Å². The Morgan fingerprint density at radius 2 is 2.00 bits per heavy atom. The van der Waals surface area contributed by atoms with Gasteiger partial charge in [0.2, 0.25) is 0 Å². The third-order valence-electron chi connectivity index (χ3n) is 3.09. The summed E-state index contributed by atoms with van der Waals surface area (Å²) in [5.74, 6) is 0.205. The average Bonchev–Trinajstić information content (AvgIpc) is 2.81. The summed E-state index contributed by atoms with van der Waals surface area (Å²) in [6.07, 6.45) is 3.68. The van der Waals surface area contributed by atoms with Gasteiger partial charge in [0.15, 0.2) is 0 Å². The summed E-state index contributed by atoms with van der Waals surface area (Å²) in [7, 11) is 0. The molecule has 0 spiro atoms. The second-order valence-corrected chi connectivity index (χ2v) is 4.54. The number of hydrogen-bond acceptors (Lipinski definition) is 2. The lowest BCUT2D eigenvalue weighted by Gasteiger charge is -1.99. The fourth-order valence-corrected chi connectivity index (χ4v) is 2.08. The smallest absolute Gasteiger partial charge is 0.141 e. The highest BCUT2D eigenvalue weighted by Crippen LogP contribution is 2.27. The molecule has 0 aliphatic rings. The molecule has 0 fully saturated rings. The highest BCUT2D eigenvalue weighted by molar-refractivity contribution is 5.99. The first-order valence-electron chi connectivity index (χ1n) is 6.14. The predicted molar refractivity (Wildman–Crippen MR) is 78.4 cm³/mol. The van der Waals surface area contributed by atoms with Crippen molar-refractivity contribution in [2.24, 2.45) is 4.99 Å². The number of nitrogens with one attached hydrogen (secondary N) is 1. The standard InChI is InChI=1S/C16H14N2O/c1-11-6-7-15(16(19)8-11)18-10-12-9-17-14-5-3-2-4-13(12)14/h2-10,17,19H,1H3. The average molecular weight is 250 g/mol. The van der Waals surface area contributed by atoms with E-state index in [0.29, 0.717) is 5.69 Å². The number of nitrogens with zero attached hydrogens (tertiary/aromatic N) is 1. The zero-order valence-corrected chi connectivity index (χ0v) is 10.6. The molecule has 0 amide bonds. The lowest BCUT2D eigenvalue weighted by Crippen LogP contribution is -1.78. The van der Waals surface area contributed by atoms with Crippen LogP contribution in [0.25, 0.3) is 10.9 Å². The van der Waals surface area contributed by atoms with Crippen LogP contribution in [0.4, 0.5) is 5.69 Å². The van der Waals surface area contributed by atoms with Gasteiger partial charge in [-0.2, -0.15) is 0 Å². The summed E-state index contributed by atoms with van der Waals surface area (Å²) in [5, 5.41) is 10.9. The molecule has 1 aromatic heterocycles. The van der Waals surface area contributed by atoms with Gasteiger partial charge in [0.05, 0.1) is 0 Å². The van der Waals surface area contributed by atoms with Gasteiger partial charge < -0.3 is 10.1 Å². The molecular formula is C16H14N2O. The van der Waals surface area contributed by atoms with E-state index >= 15 is 0 Å². The van der Waals surface area contributed by atoms with Crippen molar-refractivity contribution in [1.29, 1.82) is 0 Å². The highest BCUT2D eigenvalue weighted by Gasteiger charge is 2.01. The van der Waals surface area contributed by atoms with Crippen molar-refractivity contribution in [3.05, 3.63) is 59.8 Å². The van der Waals surface area contributed by atoms with Crippen LogP contribution in [-0.4, -0.2) is 16.3 Å². The second kappa shape index (κ2) is 4.61. The number of para-hydroxylation sites is 1. The number of aliphatic imine (C=N–C) groups is 1. The molecular weight excluding hydrogens is 236 g/mol. The van der Waals surface area contributed by atoms with Gasteiger partial charge in [-0.05, 0) is 30.7 Å². The van der Waals surface area contributed by atoms with Gasteiger partial charge >= 0.3 is 0 Å². The number of aromatic amines is 1. The summed E-state index contributed by atoms with van der Waals surface area (Å²) in [6, 6.07) is 13.5. The third kappa shape index (κ3) is 2.22. The minimum Gasteiger partial charge on any atom is -0.506 e. The Balaban J connectivity index is 1.98. The number of rotatable bonds is 2. The van der Waals surface area contributed by atoms with Crippen LogP contribution >= 0.6 is 0 Å². The van der Waals surface area contributed by atoms with Crippen LogP contribution in [0.2, 0.25) is 0 Å². The van der Waals surface area contributed by atoms with E-state index in [1.54, 1.807) is 12.3 Å². The van der Waals surface area contributed by atoms with Crippen LogP contribution in [0.5, 0.6) is 5.75 Å². The van der Waals surface area contributed by atoms with E-state index in [0.717, 1.165) is 22.0 Å². The zero-order valence-electron chi connectivity index (χ0n) is 10.6. The number of benzene rings is 2. The van der Waals surface area contributed by atoms with Gasteiger partial charge in [-0.15, -0.1) is 0 Å². The summed E-state index contributed by atoms with van der Waals surface area (Å²) < 4.78 is 0. The molecule has 1 heterocycles. The number of phenols is 1. The molecule has 0 aliphatic carbocycles. The maximum Gasteiger partial charge on any atom is 0.141 e. The van der Waals surface area contributed by atoms with Crippen LogP contribution in [0, 0.1) is 6.92 Å². The quantitative estimate of drug-likeness (QED) is 0.665. The Bertz CT molecular complexity index is 756. The van der Waals surface area contributed by atoms with Crippen molar-refractivity contribution in [2.45, 2.75) is 6.92 Å². The van der Waals surface area contributed by atoms with E-state index in [4.69, 9.17) is 0 Å². The maximum absolute atomic E-state index is 9.81. The first-order valence-corrected chi connectivity index (χ1v) is 6.14. The van der Waals surface area contributed by atoms with Gasteiger partial charge in [-0.3, -0.25) is 4.99 Å². The molecule has 0 aliphatic heterocycles. The first kappa shape index (κ1) is 11.5. The van der Waals surface area contributed by atoms with Crippen molar-refractivity contribution in [1.82, 2.24) is 4.98 Å². The van der Waals surface area contributed by atoms with Gasteiger partial charge in [0.25, 0.3) is 0 Å². The van der Waals surface area contributed by atoms with Gasteiger partial charge in [-0.25, -0.2) is 0 Å². The van der Waals surface area contributed by atoms with E-state index < -0.39 is 0 Å². The number of aryl methyl sites for hydroxylation is 1. The normalized spacial score (nSPS) is 11.4. The molecule has 0 unspecified atom stereocenters. The van der Waals surface area contributed by atoms with Crippen molar-refractivity contribution >= 4 is 22.8 Å². The fourth-order valence-electron chi connectivity index (χ4n) is 2.08. The Hall–Kier alpha value is -2.55. The summed E-state index contributed by atoms with van der Waals surface area (Å²) in [6.45, 7) is 1.94. The number of aromatic nitrogens is 1. The second-order valence-electron chi connectivity index (χ2n) is 4.54. The topological polar surface area (TPSA) is 48.4 Å². The number of aromatic hydroxyl groups is 1. The molecule has 19 heavy (non-hydrogen) atoms. The van der Waals surface area contributed by atoms with E-state index in [1.807, 2.05) is 49.5 Å². The zero-order chi connectivity index (χ0) is 13.2. The third-order valence-corrected chi connectivity index (χ3v) is 3.09. The van der Waals surface area contributed by atoms with Gasteiger partial charge in [0, 0.05) is 28.9 Å². The van der Waals surface area contributed by atoms with Crippen LogP contribution in [-0.2, 0) is 0 Å². The van der Waals surface area contributed by atoms with E-state index in [9.17, 15) is 5.11 Å². The fraction of sp³-hybridized carbons (Fsp3) is 0.0625. The molecule has 0 bridgehead atoms. The van der Waals surface area contributed by atoms with Crippen LogP contribution < -0.4 is 0 Å². The lowest BCUT2D eigenvalue weighted by molar-refractivity contribution is 0.476. The van der Waals surface area contributed by atoms with Crippen molar-refractivity contribution < 1.29 is 5.11 Å². The van der Waals surface area contributed by atoms with E-state index in [2.05, 4.69) is 9.98 Å². The molecule has 0 atom stereocenters. The largest absolute Gasteiger partial charge is 0.506 e. The Labute approximate surface area is 111 Å². The molecule has 0 radical (unpaired) electrons. The first-order chi connectivity index (χ1) is 9.24. The van der Waals surface area contributed by atoms with Crippen molar-refractivity contribution in [2.75, 3.05) is 0 Å². The Morgan fingerprint density at radius 1 is 1.16 bits per heavy atom. The Morgan fingerprint density at radius 3 is 2.84 bits per heavy atom. The van der Waals surface area contributed by atoms with Crippen molar-refractivity contribution in [3.8, 4) is 5.75 Å². The predicted octanol–water partition coefficient (Wildman–Crippen LogP) is 3.93. The Kier molecular flexibility index (Phi) is 2.80. The minimum atomic E-state index is 0.205. The van der Waals surface area contributed by atoms with Crippen LogP contribution in [0.3, 0.4) is 0 Å². The van der Waals surface area contributed by atoms with Gasteiger partial charge in [0.1, 0.15) is 11.4 Å². The number of fused-ring (bicyclic) bond motifs is 1. The number of H-pyrrole nitrogens is 1. The molecule has 94 valence electrons. The highest BCUT2D eigenvalue weighted by atomic mass is 16.3. The lowest BCUT2D eigenvalue weighted by atomic mass is 10.2. The molecule has 0 saturated heterocycles. The molecule has 3 aromatic rings. The minimum absolute atomic E-state index is 0.205. The maximum atomic E-state index is 9.81. The number of phenolic OH excluding ortho intramolecular Hbond substituents is 1. The molecule has 2 aromatic carbocycles. The number of hydrogen-bond donors (Lipinski definition) is 2. The molecule has 2 N–H and O–H groups in total.